The minimum Gasteiger partial charge on any atom is -0.491 e. The molecule has 2 heterocycles. The molecule has 4 rings (SSSR count). The third-order valence-corrected chi connectivity index (χ3v) is 6.66. The molecule has 4 N–H and O–H groups in total. The molecule has 4 aromatic rings. The normalized spacial score (nSPS) is 12.5. The van der Waals surface area contributed by atoms with Crippen molar-refractivity contribution >= 4 is 0 Å². The van der Waals surface area contributed by atoms with E-state index in [1.54, 1.807) is 12.4 Å². The average Bonchev–Trinajstić information content (AvgIpc) is 3.04. The molecule has 0 aliphatic rings. The molecule has 0 aliphatic carbocycles. The van der Waals surface area contributed by atoms with Gasteiger partial charge in [0.25, 0.3) is 0 Å². The molecular formula is C34H42N4O5. The molecule has 0 fully saturated rings. The van der Waals surface area contributed by atoms with Gasteiger partial charge in [-0.05, 0) is 59.7 Å². The summed E-state index contributed by atoms with van der Waals surface area (Å²) in [6, 6.07) is 27.2. The zero-order chi connectivity index (χ0) is 30.0. The van der Waals surface area contributed by atoms with Gasteiger partial charge in [0, 0.05) is 48.7 Å². The Morgan fingerprint density at radius 1 is 0.465 bits per heavy atom. The molecule has 2 aromatic heterocycles. The second-order valence-corrected chi connectivity index (χ2v) is 9.94. The number of rotatable bonds is 20. The first-order valence-electron chi connectivity index (χ1n) is 14.7. The van der Waals surface area contributed by atoms with Gasteiger partial charge in [-0.1, -0.05) is 36.4 Å². The minimum atomic E-state index is -0.108. The molecule has 228 valence electrons. The van der Waals surface area contributed by atoms with Crippen LogP contribution in [0.3, 0.4) is 0 Å². The highest BCUT2D eigenvalue weighted by atomic mass is 16.6. The van der Waals surface area contributed by atoms with Crippen molar-refractivity contribution in [2.75, 3.05) is 52.9 Å². The van der Waals surface area contributed by atoms with Crippen molar-refractivity contribution in [2.45, 2.75) is 24.9 Å². The topological polar surface area (TPSA) is 124 Å². The first kappa shape index (κ1) is 32.1. The van der Waals surface area contributed by atoms with Crippen LogP contribution in [0.25, 0.3) is 0 Å². The van der Waals surface area contributed by atoms with Crippen LogP contribution in [-0.4, -0.2) is 62.8 Å². The Morgan fingerprint density at radius 3 is 1.19 bits per heavy atom. The van der Waals surface area contributed by atoms with E-state index in [9.17, 15) is 0 Å². The molecule has 0 bridgehead atoms. The van der Waals surface area contributed by atoms with Gasteiger partial charge in [0.15, 0.2) is 0 Å². The first-order chi connectivity index (χ1) is 21.2. The summed E-state index contributed by atoms with van der Waals surface area (Å²) in [4.78, 5) is 8.68. The average molecular weight is 587 g/mol. The predicted molar refractivity (Wildman–Crippen MR) is 166 cm³/mol. The van der Waals surface area contributed by atoms with Gasteiger partial charge in [-0.25, -0.2) is 0 Å². The monoisotopic (exact) mass is 586 g/mol. The van der Waals surface area contributed by atoms with E-state index in [0.717, 1.165) is 34.0 Å². The zero-order valence-corrected chi connectivity index (χ0v) is 24.6. The smallest absolute Gasteiger partial charge is 0.119 e. The summed E-state index contributed by atoms with van der Waals surface area (Å²) in [6.07, 6.45) is 4.95. The van der Waals surface area contributed by atoms with Crippen LogP contribution in [0.2, 0.25) is 0 Å². The fourth-order valence-corrected chi connectivity index (χ4v) is 4.33. The third-order valence-electron chi connectivity index (χ3n) is 6.66. The summed E-state index contributed by atoms with van der Waals surface area (Å²) in [7, 11) is 0. The molecule has 0 aliphatic heterocycles. The van der Waals surface area contributed by atoms with Crippen molar-refractivity contribution in [1.29, 1.82) is 0 Å². The Bertz CT molecular complexity index is 1180. The van der Waals surface area contributed by atoms with Crippen LogP contribution >= 0.6 is 0 Å². The Morgan fingerprint density at radius 2 is 0.837 bits per heavy atom. The highest BCUT2D eigenvalue weighted by molar-refractivity contribution is 5.30. The number of ether oxygens (including phenoxy) is 5. The first-order valence-corrected chi connectivity index (χ1v) is 14.7. The number of pyridine rings is 2. The molecule has 9 heteroatoms. The Balaban J connectivity index is 0.950. The summed E-state index contributed by atoms with van der Waals surface area (Å²) in [5.41, 5.74) is 16.7. The molecule has 2 aromatic carbocycles. The van der Waals surface area contributed by atoms with E-state index >= 15 is 0 Å². The van der Waals surface area contributed by atoms with E-state index in [1.807, 2.05) is 84.9 Å². The molecule has 0 amide bonds. The lowest BCUT2D eigenvalue weighted by atomic mass is 10.0. The van der Waals surface area contributed by atoms with Crippen molar-refractivity contribution in [3.63, 3.8) is 0 Å². The lowest BCUT2D eigenvalue weighted by Crippen LogP contribution is -2.15. The Kier molecular flexibility index (Phi) is 13.9. The fraction of sp³-hybridized carbons (Fsp3) is 0.353. The van der Waals surface area contributed by atoms with E-state index in [4.69, 9.17) is 35.2 Å². The van der Waals surface area contributed by atoms with Crippen molar-refractivity contribution in [1.82, 2.24) is 9.97 Å². The molecule has 0 radical (unpaired) electrons. The largest absolute Gasteiger partial charge is 0.491 e. The molecule has 0 saturated carbocycles. The van der Waals surface area contributed by atoms with E-state index in [-0.39, 0.29) is 12.1 Å². The maximum atomic E-state index is 6.32. The van der Waals surface area contributed by atoms with Gasteiger partial charge in [0.2, 0.25) is 0 Å². The molecule has 0 saturated heterocycles. The van der Waals surface area contributed by atoms with Crippen LogP contribution in [0.4, 0.5) is 0 Å². The lowest BCUT2D eigenvalue weighted by Gasteiger charge is -2.13. The SMILES string of the molecule is NC(Cc1ccccn1)c1ccc(OCCOCCOCCOCCOc2ccc(C(N)Cc3ccccn3)cc2)cc1. The molecular weight excluding hydrogens is 544 g/mol. The van der Waals surface area contributed by atoms with Crippen LogP contribution in [0.5, 0.6) is 11.5 Å². The Hall–Kier alpha value is -3.86. The van der Waals surface area contributed by atoms with E-state index in [2.05, 4.69) is 9.97 Å². The number of nitrogens with two attached hydrogens (primary N) is 2. The number of hydrogen-bond acceptors (Lipinski definition) is 9. The number of hydrogen-bond donors (Lipinski definition) is 2. The van der Waals surface area contributed by atoms with Gasteiger partial charge >= 0.3 is 0 Å². The quantitative estimate of drug-likeness (QED) is 0.144. The molecule has 43 heavy (non-hydrogen) atoms. The number of benzene rings is 2. The fourth-order valence-electron chi connectivity index (χ4n) is 4.33. The maximum absolute atomic E-state index is 6.32. The van der Waals surface area contributed by atoms with Crippen LogP contribution in [-0.2, 0) is 27.1 Å². The maximum Gasteiger partial charge on any atom is 0.119 e. The van der Waals surface area contributed by atoms with Gasteiger partial charge in [0.05, 0.1) is 39.6 Å². The van der Waals surface area contributed by atoms with Crippen LogP contribution in [0.15, 0.2) is 97.3 Å². The highest BCUT2D eigenvalue weighted by Gasteiger charge is 2.09. The van der Waals surface area contributed by atoms with Crippen molar-refractivity contribution in [3.8, 4) is 11.5 Å². The second kappa shape index (κ2) is 18.6. The van der Waals surface area contributed by atoms with Gasteiger partial charge < -0.3 is 35.2 Å². The van der Waals surface area contributed by atoms with Gasteiger partial charge in [0.1, 0.15) is 24.7 Å². The van der Waals surface area contributed by atoms with Gasteiger partial charge in [-0.2, -0.15) is 0 Å². The van der Waals surface area contributed by atoms with E-state index in [1.165, 1.54) is 0 Å². The molecule has 0 spiro atoms. The zero-order valence-electron chi connectivity index (χ0n) is 24.6. The summed E-state index contributed by atoms with van der Waals surface area (Å²) in [5.74, 6) is 1.57. The van der Waals surface area contributed by atoms with Crippen LogP contribution in [0, 0.1) is 0 Å². The van der Waals surface area contributed by atoms with Crippen molar-refractivity contribution < 1.29 is 23.7 Å². The Labute approximate surface area is 254 Å². The highest BCUT2D eigenvalue weighted by Crippen LogP contribution is 2.20. The summed E-state index contributed by atoms with van der Waals surface area (Å²) < 4.78 is 28.2. The summed E-state index contributed by atoms with van der Waals surface area (Å²) in [5, 5.41) is 0. The second-order valence-electron chi connectivity index (χ2n) is 9.94. The van der Waals surface area contributed by atoms with Gasteiger partial charge in [-0.3, -0.25) is 9.97 Å². The summed E-state index contributed by atoms with van der Waals surface area (Å²) >= 11 is 0. The molecule has 9 nitrogen and oxygen atoms in total. The number of nitrogens with zero attached hydrogens (tertiary/aromatic N) is 2. The van der Waals surface area contributed by atoms with Crippen molar-refractivity contribution in [3.05, 3.63) is 120 Å². The van der Waals surface area contributed by atoms with Gasteiger partial charge in [-0.15, -0.1) is 0 Å². The predicted octanol–water partition coefficient (Wildman–Crippen LogP) is 4.47. The minimum absolute atomic E-state index is 0.108. The standard InChI is InChI=1S/C34H42N4O5/c35-33(25-29-5-1-3-15-37-29)27-7-11-31(12-8-27)42-23-21-40-19-17-39-18-20-41-22-24-43-32-13-9-28(10-14-32)34(36)26-30-6-2-4-16-38-30/h1-16,33-34H,17-26,35-36H2. The van der Waals surface area contributed by atoms with E-state index < -0.39 is 0 Å². The number of aromatic nitrogens is 2. The van der Waals surface area contributed by atoms with E-state index in [0.29, 0.717) is 65.7 Å². The van der Waals surface area contributed by atoms with Crippen molar-refractivity contribution in [2.24, 2.45) is 11.5 Å². The lowest BCUT2D eigenvalue weighted by molar-refractivity contribution is 0.00499. The summed E-state index contributed by atoms with van der Waals surface area (Å²) in [6.45, 7) is 3.87. The molecule has 2 unspecified atom stereocenters. The molecule has 2 atom stereocenters. The third kappa shape index (κ3) is 12.1. The van der Waals surface area contributed by atoms with Crippen LogP contribution in [0.1, 0.15) is 34.6 Å². The van der Waals surface area contributed by atoms with Crippen LogP contribution < -0.4 is 20.9 Å².